The van der Waals surface area contributed by atoms with Gasteiger partial charge >= 0.3 is 0 Å². The van der Waals surface area contributed by atoms with Crippen LogP contribution in [0.15, 0.2) is 48.8 Å². The number of aliphatic hydroxyl groups is 1. The summed E-state index contributed by atoms with van der Waals surface area (Å²) in [6, 6.07) is 11.5. The van der Waals surface area contributed by atoms with Gasteiger partial charge in [0.2, 0.25) is 0 Å². The quantitative estimate of drug-likeness (QED) is 0.535. The molecule has 9 nitrogen and oxygen atoms in total. The molecular weight excluding hydrogens is 432 g/mol. The number of anilines is 3. The topological polar surface area (TPSA) is 107 Å². The first kappa shape index (κ1) is 22.4. The lowest BCUT2D eigenvalue weighted by Crippen LogP contribution is -2.43. The predicted molar refractivity (Wildman–Crippen MR) is 131 cm³/mol. The molecule has 0 radical (unpaired) electrons. The van der Waals surface area contributed by atoms with Gasteiger partial charge in [-0.3, -0.25) is 9.89 Å². The number of benzene rings is 1. The zero-order valence-corrected chi connectivity index (χ0v) is 19.3. The first-order chi connectivity index (χ1) is 16.5. The maximum Gasteiger partial charge on any atom is 0.274 e. The van der Waals surface area contributed by atoms with Gasteiger partial charge in [0.1, 0.15) is 5.69 Å². The van der Waals surface area contributed by atoms with Crippen molar-refractivity contribution in [2.45, 2.75) is 25.4 Å². The number of carbonyl (C=O) groups is 1. The van der Waals surface area contributed by atoms with Crippen LogP contribution >= 0.6 is 0 Å². The van der Waals surface area contributed by atoms with E-state index in [9.17, 15) is 9.90 Å². The number of aromatic nitrogens is 3. The molecule has 0 aliphatic carbocycles. The van der Waals surface area contributed by atoms with Crippen LogP contribution in [0, 0.1) is 0 Å². The lowest BCUT2D eigenvalue weighted by molar-refractivity contribution is 0.0351. The number of nitrogens with zero attached hydrogens (tertiary/aromatic N) is 4. The number of hydrogen-bond acceptors (Lipinski definition) is 7. The van der Waals surface area contributed by atoms with Gasteiger partial charge in [0.05, 0.1) is 42.1 Å². The van der Waals surface area contributed by atoms with Gasteiger partial charge in [-0.1, -0.05) is 6.07 Å². The van der Waals surface area contributed by atoms with Gasteiger partial charge in [-0.15, -0.1) is 0 Å². The summed E-state index contributed by atoms with van der Waals surface area (Å²) < 4.78 is 5.50. The minimum atomic E-state index is -0.654. The number of rotatable bonds is 5. The van der Waals surface area contributed by atoms with Crippen molar-refractivity contribution in [2.75, 3.05) is 54.5 Å². The molecular formula is C25H30N6O3. The first-order valence-electron chi connectivity index (χ1n) is 11.7. The van der Waals surface area contributed by atoms with Crippen LogP contribution in [0.2, 0.25) is 0 Å². The molecule has 1 amide bonds. The van der Waals surface area contributed by atoms with E-state index in [2.05, 4.69) is 36.4 Å². The van der Waals surface area contributed by atoms with Crippen molar-refractivity contribution in [1.82, 2.24) is 15.2 Å². The summed E-state index contributed by atoms with van der Waals surface area (Å²) in [6.45, 7) is 6.41. The van der Waals surface area contributed by atoms with Crippen molar-refractivity contribution in [1.29, 1.82) is 0 Å². The van der Waals surface area contributed by atoms with Crippen LogP contribution in [0.25, 0.3) is 11.3 Å². The largest absolute Gasteiger partial charge is 0.390 e. The summed E-state index contributed by atoms with van der Waals surface area (Å²) >= 11 is 0. The van der Waals surface area contributed by atoms with Gasteiger partial charge in [0.25, 0.3) is 5.91 Å². The van der Waals surface area contributed by atoms with E-state index >= 15 is 0 Å². The average Bonchev–Trinajstić information content (AvgIpc) is 3.40. The van der Waals surface area contributed by atoms with Crippen LogP contribution in [-0.4, -0.2) is 71.2 Å². The van der Waals surface area contributed by atoms with E-state index < -0.39 is 5.60 Å². The zero-order valence-electron chi connectivity index (χ0n) is 19.3. The molecule has 5 rings (SSSR count). The second-order valence-electron chi connectivity index (χ2n) is 9.13. The maximum absolute atomic E-state index is 13.2. The van der Waals surface area contributed by atoms with E-state index in [1.165, 1.54) is 0 Å². The van der Waals surface area contributed by atoms with E-state index in [-0.39, 0.29) is 5.91 Å². The summed E-state index contributed by atoms with van der Waals surface area (Å²) in [6.07, 6.45) is 4.78. The second-order valence-corrected chi connectivity index (χ2v) is 9.13. The summed E-state index contributed by atoms with van der Waals surface area (Å²) in [5.74, 6) is -0.269. The lowest BCUT2D eigenvalue weighted by atomic mass is 9.93. The number of H-pyrrole nitrogens is 1. The fourth-order valence-electron chi connectivity index (χ4n) is 4.43. The summed E-state index contributed by atoms with van der Waals surface area (Å²) in [7, 11) is 0. The Morgan fingerprint density at radius 1 is 1.12 bits per heavy atom. The van der Waals surface area contributed by atoms with E-state index in [1.54, 1.807) is 18.5 Å². The number of nitrogens with one attached hydrogen (secondary N) is 2. The molecule has 2 aliphatic heterocycles. The van der Waals surface area contributed by atoms with E-state index in [0.717, 1.165) is 48.8 Å². The van der Waals surface area contributed by atoms with Crippen molar-refractivity contribution < 1.29 is 14.6 Å². The molecule has 3 N–H and O–H groups in total. The molecule has 0 atom stereocenters. The van der Waals surface area contributed by atoms with Gasteiger partial charge in [-0.05, 0) is 50.1 Å². The smallest absolute Gasteiger partial charge is 0.274 e. The number of ether oxygens (including phenoxy) is 1. The minimum absolute atomic E-state index is 0.269. The van der Waals surface area contributed by atoms with Gasteiger partial charge < -0.3 is 25.0 Å². The highest BCUT2D eigenvalue weighted by Gasteiger charge is 2.29. The number of piperidine rings is 1. The van der Waals surface area contributed by atoms with E-state index in [1.807, 2.05) is 31.2 Å². The second kappa shape index (κ2) is 9.44. The Kier molecular flexibility index (Phi) is 6.21. The fraction of sp³-hybridized carbons (Fsp3) is 0.400. The Bertz CT molecular complexity index is 1130. The van der Waals surface area contributed by atoms with Gasteiger partial charge in [-0.25, -0.2) is 4.98 Å². The predicted octanol–water partition coefficient (Wildman–Crippen LogP) is 2.91. The van der Waals surface area contributed by atoms with Crippen molar-refractivity contribution in [3.63, 3.8) is 0 Å². The van der Waals surface area contributed by atoms with Gasteiger partial charge in [-0.2, -0.15) is 5.10 Å². The van der Waals surface area contributed by atoms with Crippen molar-refractivity contribution in [3.8, 4) is 11.3 Å². The Balaban J connectivity index is 1.42. The Labute approximate surface area is 198 Å². The normalized spacial score (nSPS) is 18.1. The molecule has 3 aromatic rings. The number of amides is 1. The first-order valence-corrected chi connectivity index (χ1v) is 11.7. The lowest BCUT2D eigenvalue weighted by Gasteiger charge is -2.38. The molecule has 2 fully saturated rings. The number of morpholine rings is 1. The van der Waals surface area contributed by atoms with Crippen LogP contribution < -0.4 is 15.1 Å². The average molecular weight is 463 g/mol. The number of aromatic amines is 1. The minimum Gasteiger partial charge on any atom is -0.390 e. The third-order valence-electron chi connectivity index (χ3n) is 6.56. The molecule has 0 spiro atoms. The van der Waals surface area contributed by atoms with Crippen LogP contribution in [0.1, 0.15) is 30.3 Å². The molecule has 9 heteroatoms. The molecule has 1 aromatic carbocycles. The molecule has 2 saturated heterocycles. The van der Waals surface area contributed by atoms with Gasteiger partial charge in [0.15, 0.2) is 0 Å². The number of carbonyl (C=O) groups excluding carboxylic acids is 1. The highest BCUT2D eigenvalue weighted by Crippen LogP contribution is 2.35. The SMILES string of the molecule is CC1(O)CCN(c2cc(N3CCOCC3)ccc2NC(=O)c2cccc(-c3cn[nH]c3)n2)CC1. The monoisotopic (exact) mass is 462 g/mol. The molecule has 0 bridgehead atoms. The fourth-order valence-corrected chi connectivity index (χ4v) is 4.43. The Hall–Kier alpha value is -3.43. The number of pyridine rings is 1. The summed E-state index contributed by atoms with van der Waals surface area (Å²) in [4.78, 5) is 22.2. The van der Waals surface area contributed by atoms with Gasteiger partial charge in [0, 0.05) is 43.6 Å². The van der Waals surface area contributed by atoms with E-state index in [4.69, 9.17) is 4.74 Å². The molecule has 0 saturated carbocycles. The molecule has 178 valence electrons. The Morgan fingerprint density at radius 3 is 2.65 bits per heavy atom. The molecule has 2 aromatic heterocycles. The van der Waals surface area contributed by atoms with Crippen molar-refractivity contribution in [3.05, 3.63) is 54.5 Å². The third-order valence-corrected chi connectivity index (χ3v) is 6.56. The summed E-state index contributed by atoms with van der Waals surface area (Å²) in [5.41, 5.74) is 3.99. The van der Waals surface area contributed by atoms with Crippen LogP contribution in [0.3, 0.4) is 0 Å². The van der Waals surface area contributed by atoms with Crippen LogP contribution in [0.5, 0.6) is 0 Å². The van der Waals surface area contributed by atoms with Crippen LogP contribution in [0.4, 0.5) is 17.1 Å². The maximum atomic E-state index is 13.2. The highest BCUT2D eigenvalue weighted by atomic mass is 16.5. The van der Waals surface area contributed by atoms with Crippen molar-refractivity contribution in [2.24, 2.45) is 0 Å². The third kappa shape index (κ3) is 4.90. The highest BCUT2D eigenvalue weighted by molar-refractivity contribution is 6.05. The standard InChI is InChI=1S/C25H30N6O3/c1-25(33)7-9-31(10-8-25)23-15-19(30-11-13-34-14-12-30)5-6-21(23)29-24(32)22-4-2-3-20(28-22)18-16-26-27-17-18/h2-6,15-17,33H,7-14H2,1H3,(H,26,27)(H,29,32). The summed E-state index contributed by atoms with van der Waals surface area (Å²) in [5, 5.41) is 20.2. The number of hydrogen-bond donors (Lipinski definition) is 3. The molecule has 2 aliphatic rings. The Morgan fingerprint density at radius 2 is 1.91 bits per heavy atom. The molecule has 0 unspecified atom stereocenters. The van der Waals surface area contributed by atoms with E-state index in [0.29, 0.717) is 37.4 Å². The van der Waals surface area contributed by atoms with Crippen molar-refractivity contribution >= 4 is 23.0 Å². The van der Waals surface area contributed by atoms with Crippen LogP contribution in [-0.2, 0) is 4.74 Å². The zero-order chi connectivity index (χ0) is 23.5. The molecule has 4 heterocycles. The molecule has 34 heavy (non-hydrogen) atoms.